The number of hydrogen-bond acceptors (Lipinski definition) is 4. The van der Waals surface area contributed by atoms with Crippen molar-refractivity contribution in [1.82, 2.24) is 20.9 Å². The highest BCUT2D eigenvalue weighted by Gasteiger charge is 2.48. The van der Waals surface area contributed by atoms with Crippen LogP contribution in [-0.2, 0) is 14.4 Å². The van der Waals surface area contributed by atoms with Crippen molar-refractivity contribution in [3.63, 3.8) is 0 Å². The summed E-state index contributed by atoms with van der Waals surface area (Å²) in [6.07, 6.45) is 6.12. The first-order valence-electron chi connectivity index (χ1n) is 12.2. The van der Waals surface area contributed by atoms with Gasteiger partial charge < -0.3 is 26.7 Å². The molecule has 3 aliphatic rings. The molecule has 186 valence electrons. The van der Waals surface area contributed by atoms with Crippen LogP contribution in [0.1, 0.15) is 61.9 Å². The molecule has 2 aromatic rings. The van der Waals surface area contributed by atoms with E-state index < -0.39 is 29.8 Å². The van der Waals surface area contributed by atoms with Gasteiger partial charge in [0.2, 0.25) is 17.7 Å². The van der Waals surface area contributed by atoms with Crippen molar-refractivity contribution in [3.05, 3.63) is 35.0 Å². The normalized spacial score (nSPS) is 22.3. The Bertz CT molecular complexity index is 1190. The number of aromatic amines is 1. The maximum Gasteiger partial charge on any atom is 0.268 e. The summed E-state index contributed by atoms with van der Waals surface area (Å²) in [6.45, 7) is 0. The van der Waals surface area contributed by atoms with Crippen molar-refractivity contribution in [2.45, 2.75) is 69.0 Å². The second-order valence-electron chi connectivity index (χ2n) is 10.3. The van der Waals surface area contributed by atoms with Crippen LogP contribution in [0.2, 0.25) is 5.02 Å². The van der Waals surface area contributed by atoms with Crippen LogP contribution in [0.4, 0.5) is 0 Å². The smallest absolute Gasteiger partial charge is 0.268 e. The number of nitrogens with one attached hydrogen (secondary N) is 4. The quantitative estimate of drug-likeness (QED) is 0.359. The lowest BCUT2D eigenvalue weighted by atomic mass is 9.87. The molecular weight excluding hydrogens is 470 g/mol. The van der Waals surface area contributed by atoms with Crippen molar-refractivity contribution in [2.24, 2.45) is 17.6 Å². The zero-order chi connectivity index (χ0) is 24.7. The Balaban J connectivity index is 1.25. The zero-order valence-corrected chi connectivity index (χ0v) is 20.1. The van der Waals surface area contributed by atoms with Crippen molar-refractivity contribution in [1.29, 1.82) is 0 Å². The number of para-hydroxylation sites is 1. The summed E-state index contributed by atoms with van der Waals surface area (Å²) in [5, 5.41) is 9.86. The first-order chi connectivity index (χ1) is 16.7. The molecule has 0 bridgehead atoms. The van der Waals surface area contributed by atoms with Gasteiger partial charge in [0.25, 0.3) is 5.91 Å². The molecule has 2 aliphatic carbocycles. The minimum atomic E-state index is -0.989. The number of hydrogen-bond donors (Lipinski definition) is 5. The van der Waals surface area contributed by atoms with E-state index in [1.807, 2.05) is 6.07 Å². The number of amides is 4. The van der Waals surface area contributed by atoms with Gasteiger partial charge in [-0.1, -0.05) is 36.6 Å². The molecule has 9 nitrogen and oxygen atoms in total. The predicted molar refractivity (Wildman–Crippen MR) is 130 cm³/mol. The molecule has 3 atom stereocenters. The van der Waals surface area contributed by atoms with Gasteiger partial charge in [-0.15, -0.1) is 0 Å². The SMILES string of the molecule is NC(=O)[C@H](CC1CCC2(CC2)NC1=O)NC(=O)[C@H](CC1CC1)NC(=O)c1cc2cccc(Cl)c2[nH]1. The number of carbonyl (C=O) groups is 4. The molecule has 1 unspecified atom stereocenters. The van der Waals surface area contributed by atoms with Gasteiger partial charge in [-0.2, -0.15) is 0 Å². The van der Waals surface area contributed by atoms with Gasteiger partial charge in [0, 0.05) is 16.8 Å². The number of fused-ring (bicyclic) bond motifs is 1. The summed E-state index contributed by atoms with van der Waals surface area (Å²) in [5.74, 6) is -1.73. The lowest BCUT2D eigenvalue weighted by Crippen LogP contribution is -2.55. The van der Waals surface area contributed by atoms with Crippen LogP contribution in [0, 0.1) is 11.8 Å². The zero-order valence-electron chi connectivity index (χ0n) is 19.4. The fourth-order valence-electron chi connectivity index (χ4n) is 4.96. The molecule has 6 N–H and O–H groups in total. The largest absolute Gasteiger partial charge is 0.368 e. The molecule has 2 heterocycles. The maximum atomic E-state index is 13.2. The molecule has 4 amide bonds. The van der Waals surface area contributed by atoms with Gasteiger partial charge in [0.15, 0.2) is 0 Å². The highest BCUT2D eigenvalue weighted by Crippen LogP contribution is 2.44. The molecule has 1 aromatic heterocycles. The highest BCUT2D eigenvalue weighted by molar-refractivity contribution is 6.35. The Hall–Kier alpha value is -3.07. The fraction of sp³-hybridized carbons (Fsp3) is 0.520. The predicted octanol–water partition coefficient (Wildman–Crippen LogP) is 2.14. The van der Waals surface area contributed by atoms with Crippen molar-refractivity contribution < 1.29 is 19.2 Å². The molecular formula is C25H30ClN5O4. The molecule has 3 fully saturated rings. The summed E-state index contributed by atoms with van der Waals surface area (Å²) >= 11 is 6.21. The molecule has 1 aliphatic heterocycles. The van der Waals surface area contributed by atoms with E-state index in [1.165, 1.54) is 0 Å². The first kappa shape index (κ1) is 23.7. The van der Waals surface area contributed by atoms with E-state index in [0.717, 1.165) is 37.5 Å². The minimum absolute atomic E-state index is 0.0501. The Kier molecular flexibility index (Phi) is 6.21. The molecule has 35 heavy (non-hydrogen) atoms. The number of benzene rings is 1. The van der Waals surface area contributed by atoms with E-state index in [1.54, 1.807) is 18.2 Å². The summed E-state index contributed by atoms with van der Waals surface area (Å²) in [6, 6.07) is 5.23. The van der Waals surface area contributed by atoms with Crippen LogP contribution >= 0.6 is 11.6 Å². The Labute approximate surface area is 207 Å². The number of halogens is 1. The lowest BCUT2D eigenvalue weighted by Gasteiger charge is -2.31. The van der Waals surface area contributed by atoms with Crippen LogP contribution in [0.25, 0.3) is 10.9 Å². The monoisotopic (exact) mass is 499 g/mol. The fourth-order valence-corrected chi connectivity index (χ4v) is 5.19. The van der Waals surface area contributed by atoms with E-state index in [-0.39, 0.29) is 23.8 Å². The van der Waals surface area contributed by atoms with E-state index in [0.29, 0.717) is 35.0 Å². The Morgan fingerprint density at radius 1 is 1.09 bits per heavy atom. The second kappa shape index (κ2) is 9.18. The molecule has 1 saturated heterocycles. The van der Waals surface area contributed by atoms with E-state index in [9.17, 15) is 19.2 Å². The van der Waals surface area contributed by atoms with E-state index in [4.69, 9.17) is 17.3 Å². The number of piperidine rings is 1. The van der Waals surface area contributed by atoms with Crippen LogP contribution in [-0.4, -0.2) is 46.2 Å². The highest BCUT2D eigenvalue weighted by atomic mass is 35.5. The number of carbonyl (C=O) groups excluding carboxylic acids is 4. The van der Waals surface area contributed by atoms with Gasteiger partial charge in [0.1, 0.15) is 17.8 Å². The van der Waals surface area contributed by atoms with Gasteiger partial charge >= 0.3 is 0 Å². The average Bonchev–Trinajstić information content (AvgIpc) is 3.73. The number of rotatable bonds is 9. The Morgan fingerprint density at radius 3 is 2.49 bits per heavy atom. The molecule has 0 radical (unpaired) electrons. The molecule has 1 spiro atoms. The van der Waals surface area contributed by atoms with Gasteiger partial charge in [-0.05, 0) is 56.6 Å². The Morgan fingerprint density at radius 2 is 1.86 bits per heavy atom. The standard InChI is InChI=1S/C25H30ClN5O4/c26-16-3-1-2-14-11-19(28-20(14)16)24(35)30-18(10-13-4-5-13)23(34)29-17(21(27)32)12-15-6-7-25(8-9-25)31-22(15)33/h1-3,11,13,15,17-18,28H,4-10,12H2,(H2,27,32)(H,29,34)(H,30,35)(H,31,33)/t15?,17-,18-/m0/s1. The molecule has 10 heteroatoms. The van der Waals surface area contributed by atoms with Crippen LogP contribution in [0.5, 0.6) is 0 Å². The van der Waals surface area contributed by atoms with Crippen molar-refractivity contribution in [2.75, 3.05) is 0 Å². The topological polar surface area (TPSA) is 146 Å². The molecule has 5 rings (SSSR count). The number of aromatic nitrogens is 1. The van der Waals surface area contributed by atoms with Gasteiger partial charge in [-0.3, -0.25) is 19.2 Å². The first-order valence-corrected chi connectivity index (χ1v) is 12.6. The third-order valence-electron chi connectivity index (χ3n) is 7.50. The third-order valence-corrected chi connectivity index (χ3v) is 7.82. The van der Waals surface area contributed by atoms with Gasteiger partial charge in [-0.25, -0.2) is 0 Å². The second-order valence-corrected chi connectivity index (χ2v) is 10.7. The average molecular weight is 500 g/mol. The minimum Gasteiger partial charge on any atom is -0.368 e. The summed E-state index contributed by atoms with van der Waals surface area (Å²) in [7, 11) is 0. The van der Waals surface area contributed by atoms with Crippen molar-refractivity contribution >= 4 is 46.1 Å². The van der Waals surface area contributed by atoms with Crippen LogP contribution in [0.3, 0.4) is 0 Å². The van der Waals surface area contributed by atoms with E-state index >= 15 is 0 Å². The van der Waals surface area contributed by atoms with E-state index in [2.05, 4.69) is 20.9 Å². The third kappa shape index (κ3) is 5.29. The summed E-state index contributed by atoms with van der Waals surface area (Å²) in [4.78, 5) is 53.9. The van der Waals surface area contributed by atoms with Crippen LogP contribution in [0.15, 0.2) is 24.3 Å². The number of nitrogens with two attached hydrogens (primary N) is 1. The summed E-state index contributed by atoms with van der Waals surface area (Å²) < 4.78 is 0. The summed E-state index contributed by atoms with van der Waals surface area (Å²) in [5.41, 5.74) is 6.48. The number of H-pyrrole nitrogens is 1. The van der Waals surface area contributed by atoms with Crippen molar-refractivity contribution in [3.8, 4) is 0 Å². The lowest BCUT2D eigenvalue weighted by molar-refractivity contribution is -0.132. The van der Waals surface area contributed by atoms with Gasteiger partial charge in [0.05, 0.1) is 10.5 Å². The molecule has 1 aromatic carbocycles. The van der Waals surface area contributed by atoms with Crippen LogP contribution < -0.4 is 21.7 Å². The maximum absolute atomic E-state index is 13.2. The number of primary amides is 1. The molecule has 2 saturated carbocycles.